The molecule has 0 aliphatic carbocycles. The Hall–Kier alpha value is 0.137. The maximum Gasteiger partial charge on any atom is 0.145 e. The van der Waals surface area contributed by atoms with Gasteiger partial charge >= 0.3 is 0 Å². The standard InChI is InChI=1S/C14H33NOSi/c1-3-5-7-11-15(12-8-6-4-2)13-9-10-14-16-17/h3-14H2,1-2,17H3. The van der Waals surface area contributed by atoms with Crippen LogP contribution in [-0.4, -0.2) is 41.6 Å². The molecule has 0 N–H and O–H groups in total. The molecule has 0 spiro atoms. The van der Waals surface area contributed by atoms with Gasteiger partial charge in [0.25, 0.3) is 0 Å². The van der Waals surface area contributed by atoms with Gasteiger partial charge < -0.3 is 9.33 Å². The number of nitrogens with zero attached hydrogens (tertiary/aromatic N) is 1. The average molecular weight is 260 g/mol. The van der Waals surface area contributed by atoms with Gasteiger partial charge in [0.2, 0.25) is 0 Å². The molecule has 0 aromatic carbocycles. The van der Waals surface area contributed by atoms with Crippen molar-refractivity contribution in [2.75, 3.05) is 26.2 Å². The molecule has 0 unspecified atom stereocenters. The van der Waals surface area contributed by atoms with E-state index < -0.39 is 0 Å². The van der Waals surface area contributed by atoms with Crippen LogP contribution in [0.3, 0.4) is 0 Å². The summed E-state index contributed by atoms with van der Waals surface area (Å²) in [5.41, 5.74) is 0. The summed E-state index contributed by atoms with van der Waals surface area (Å²) in [6, 6.07) is 0. The van der Waals surface area contributed by atoms with E-state index in [2.05, 4.69) is 18.7 Å². The first-order chi connectivity index (χ1) is 8.35. The largest absolute Gasteiger partial charge is 0.428 e. The molecule has 0 aliphatic heterocycles. The van der Waals surface area contributed by atoms with E-state index in [1.54, 1.807) is 0 Å². The van der Waals surface area contributed by atoms with Gasteiger partial charge in [0.1, 0.15) is 10.5 Å². The Balaban J connectivity index is 3.60. The van der Waals surface area contributed by atoms with Crippen molar-refractivity contribution in [2.45, 2.75) is 65.2 Å². The number of unbranched alkanes of at least 4 members (excludes halogenated alkanes) is 5. The Labute approximate surface area is 112 Å². The minimum absolute atomic E-state index is 0.893. The highest BCUT2D eigenvalue weighted by Crippen LogP contribution is 2.04. The van der Waals surface area contributed by atoms with Crippen LogP contribution in [0.4, 0.5) is 0 Å². The summed E-state index contributed by atoms with van der Waals surface area (Å²) in [6.45, 7) is 9.43. The zero-order valence-corrected chi connectivity index (χ0v) is 14.3. The van der Waals surface area contributed by atoms with Crippen molar-refractivity contribution in [3.63, 3.8) is 0 Å². The smallest absolute Gasteiger partial charge is 0.145 e. The first-order valence-corrected chi connectivity index (χ1v) is 8.38. The van der Waals surface area contributed by atoms with Gasteiger partial charge in [-0.2, -0.15) is 0 Å². The van der Waals surface area contributed by atoms with E-state index in [9.17, 15) is 0 Å². The normalized spacial score (nSPS) is 11.5. The second-order valence-corrected chi connectivity index (χ2v) is 5.53. The molecule has 0 saturated heterocycles. The summed E-state index contributed by atoms with van der Waals surface area (Å²) in [4.78, 5) is 2.67. The fourth-order valence-electron chi connectivity index (χ4n) is 2.09. The lowest BCUT2D eigenvalue weighted by atomic mass is 10.2. The highest BCUT2D eigenvalue weighted by molar-refractivity contribution is 5.97. The van der Waals surface area contributed by atoms with Crippen molar-refractivity contribution in [1.82, 2.24) is 4.90 Å². The minimum Gasteiger partial charge on any atom is -0.428 e. The monoisotopic (exact) mass is 259 g/mol. The van der Waals surface area contributed by atoms with Crippen LogP contribution in [0, 0.1) is 0 Å². The third kappa shape index (κ3) is 12.4. The van der Waals surface area contributed by atoms with Crippen molar-refractivity contribution in [3.05, 3.63) is 0 Å². The molecule has 0 aromatic heterocycles. The quantitative estimate of drug-likeness (QED) is 0.372. The van der Waals surface area contributed by atoms with E-state index in [1.165, 1.54) is 71.0 Å². The van der Waals surface area contributed by atoms with Crippen molar-refractivity contribution in [3.8, 4) is 0 Å². The van der Waals surface area contributed by atoms with Crippen LogP contribution in [0.1, 0.15) is 65.2 Å². The third-order valence-electron chi connectivity index (χ3n) is 3.23. The van der Waals surface area contributed by atoms with Crippen molar-refractivity contribution in [1.29, 1.82) is 0 Å². The molecule has 0 rings (SSSR count). The lowest BCUT2D eigenvalue weighted by Gasteiger charge is -2.22. The first kappa shape index (κ1) is 17.1. The lowest BCUT2D eigenvalue weighted by molar-refractivity contribution is 0.245. The molecule has 0 amide bonds. The molecule has 0 heterocycles. The predicted molar refractivity (Wildman–Crippen MR) is 80.6 cm³/mol. The lowest BCUT2D eigenvalue weighted by Crippen LogP contribution is -2.27. The van der Waals surface area contributed by atoms with Crippen molar-refractivity contribution in [2.24, 2.45) is 0 Å². The number of hydrogen-bond acceptors (Lipinski definition) is 2. The second kappa shape index (κ2) is 14.2. The Morgan fingerprint density at radius 3 is 1.65 bits per heavy atom. The van der Waals surface area contributed by atoms with Crippen LogP contribution in [0.2, 0.25) is 0 Å². The zero-order valence-electron chi connectivity index (χ0n) is 12.3. The SMILES string of the molecule is CCCCCN(CCCCC)CCCCO[SiH3]. The summed E-state index contributed by atoms with van der Waals surface area (Å²) >= 11 is 0. The van der Waals surface area contributed by atoms with E-state index in [4.69, 9.17) is 4.43 Å². The van der Waals surface area contributed by atoms with Gasteiger partial charge in [0, 0.05) is 6.61 Å². The van der Waals surface area contributed by atoms with Gasteiger partial charge in [0.15, 0.2) is 0 Å². The van der Waals surface area contributed by atoms with Crippen LogP contribution < -0.4 is 0 Å². The molecule has 0 fully saturated rings. The average Bonchev–Trinajstić information content (AvgIpc) is 2.34. The summed E-state index contributed by atoms with van der Waals surface area (Å²) in [7, 11) is 0.893. The van der Waals surface area contributed by atoms with E-state index >= 15 is 0 Å². The summed E-state index contributed by atoms with van der Waals surface area (Å²) in [5, 5.41) is 0. The molecule has 0 aliphatic rings. The van der Waals surface area contributed by atoms with Gasteiger partial charge in [-0.3, -0.25) is 0 Å². The Morgan fingerprint density at radius 1 is 0.765 bits per heavy atom. The van der Waals surface area contributed by atoms with Gasteiger partial charge in [0.05, 0.1) is 0 Å². The zero-order chi connectivity index (χ0) is 12.8. The number of hydrogen-bond donors (Lipinski definition) is 0. The topological polar surface area (TPSA) is 12.5 Å². The summed E-state index contributed by atoms with van der Waals surface area (Å²) in [6.07, 6.45) is 10.7. The van der Waals surface area contributed by atoms with Gasteiger partial charge in [-0.05, 0) is 45.3 Å². The molecule has 17 heavy (non-hydrogen) atoms. The van der Waals surface area contributed by atoms with Crippen LogP contribution in [-0.2, 0) is 4.43 Å². The molecule has 2 nitrogen and oxygen atoms in total. The van der Waals surface area contributed by atoms with Crippen molar-refractivity contribution >= 4 is 10.5 Å². The molecular formula is C14H33NOSi. The van der Waals surface area contributed by atoms with Gasteiger partial charge in [-0.1, -0.05) is 39.5 Å². The molecule has 0 aromatic rings. The maximum absolute atomic E-state index is 5.24. The Bertz CT molecular complexity index is 134. The molecule has 3 heteroatoms. The van der Waals surface area contributed by atoms with E-state index in [-0.39, 0.29) is 0 Å². The number of rotatable bonds is 13. The predicted octanol–water partition coefficient (Wildman–Crippen LogP) is 2.75. The van der Waals surface area contributed by atoms with Crippen LogP contribution in [0.5, 0.6) is 0 Å². The third-order valence-corrected chi connectivity index (χ3v) is 3.64. The van der Waals surface area contributed by atoms with E-state index in [0.29, 0.717) is 0 Å². The highest BCUT2D eigenvalue weighted by Gasteiger charge is 2.03. The fraction of sp³-hybridized carbons (Fsp3) is 1.00. The molecule has 0 atom stereocenters. The summed E-state index contributed by atoms with van der Waals surface area (Å²) < 4.78 is 5.24. The Morgan fingerprint density at radius 2 is 1.24 bits per heavy atom. The molecule has 0 bridgehead atoms. The Kier molecular flexibility index (Phi) is 14.3. The molecular weight excluding hydrogens is 226 g/mol. The maximum atomic E-state index is 5.24. The van der Waals surface area contributed by atoms with E-state index in [0.717, 1.165) is 17.1 Å². The van der Waals surface area contributed by atoms with Crippen LogP contribution in [0.15, 0.2) is 0 Å². The first-order valence-electron chi connectivity index (χ1n) is 7.56. The van der Waals surface area contributed by atoms with Gasteiger partial charge in [-0.25, -0.2) is 0 Å². The van der Waals surface area contributed by atoms with Crippen LogP contribution in [0.25, 0.3) is 0 Å². The second-order valence-electron chi connectivity index (χ2n) is 4.96. The highest BCUT2D eigenvalue weighted by atomic mass is 28.2. The minimum atomic E-state index is 0.893. The molecule has 0 radical (unpaired) electrons. The fourth-order valence-corrected chi connectivity index (χ4v) is 2.38. The van der Waals surface area contributed by atoms with Gasteiger partial charge in [-0.15, -0.1) is 0 Å². The molecule has 104 valence electrons. The van der Waals surface area contributed by atoms with Crippen molar-refractivity contribution < 1.29 is 4.43 Å². The summed E-state index contributed by atoms with van der Waals surface area (Å²) in [5.74, 6) is 0. The molecule has 0 saturated carbocycles. The van der Waals surface area contributed by atoms with Crippen LogP contribution >= 0.6 is 0 Å². The van der Waals surface area contributed by atoms with E-state index in [1.807, 2.05) is 0 Å².